The summed E-state index contributed by atoms with van der Waals surface area (Å²) in [5.41, 5.74) is 0. The Morgan fingerprint density at radius 3 is 1.97 bits per heavy atom. The van der Waals surface area contributed by atoms with Gasteiger partial charge in [0.1, 0.15) is 17.7 Å². The Kier molecular flexibility index (Phi) is 16.5. The predicted molar refractivity (Wildman–Crippen MR) is 127 cm³/mol. The Morgan fingerprint density at radius 1 is 0.967 bits per heavy atom. The van der Waals surface area contributed by atoms with Crippen LogP contribution in [-0.4, -0.2) is 33.6 Å². The fraction of sp³-hybridized carbons (Fsp3) is 0.750. The monoisotopic (exact) mass is 440 g/mol. The fourth-order valence-corrected chi connectivity index (χ4v) is 4.45. The van der Waals surface area contributed by atoms with E-state index in [1.807, 2.05) is 0 Å². The van der Waals surface area contributed by atoms with Gasteiger partial charge >= 0.3 is 5.97 Å². The number of thioether (sulfide) groups is 1. The molecule has 4 nitrogen and oxygen atoms in total. The first-order chi connectivity index (χ1) is 14.6. The van der Waals surface area contributed by atoms with Gasteiger partial charge in [0.25, 0.3) is 0 Å². The largest absolute Gasteiger partial charge is 0.480 e. The van der Waals surface area contributed by atoms with Crippen molar-refractivity contribution < 1.29 is 14.3 Å². The second-order valence-corrected chi connectivity index (χ2v) is 9.22. The standard InChI is InChI=1S/C24H41FN2O2S/c1-2-3-4-5-6-7-8-9-10-11-12-13-14-15-18-30-20-22(24(28)29)27-23-17-16-21(25)19-26-23/h16-17,19,22H,2-15,18,20H2,1H3,(H,26,27)(H,28,29). The Morgan fingerprint density at radius 2 is 1.50 bits per heavy atom. The minimum atomic E-state index is -0.908. The van der Waals surface area contributed by atoms with E-state index in [4.69, 9.17) is 0 Å². The van der Waals surface area contributed by atoms with Gasteiger partial charge in [0.05, 0.1) is 6.20 Å². The number of anilines is 1. The number of nitrogens with zero attached hydrogens (tertiary/aromatic N) is 1. The first-order valence-corrected chi connectivity index (χ1v) is 13.0. The first kappa shape index (κ1) is 26.7. The van der Waals surface area contributed by atoms with Crippen LogP contribution in [0.1, 0.15) is 96.8 Å². The summed E-state index contributed by atoms with van der Waals surface area (Å²) in [5, 5.41) is 12.2. The van der Waals surface area contributed by atoms with E-state index in [0.29, 0.717) is 11.6 Å². The molecule has 0 aliphatic rings. The number of carboxylic acids is 1. The highest BCUT2D eigenvalue weighted by Crippen LogP contribution is 2.15. The van der Waals surface area contributed by atoms with Gasteiger partial charge in [-0.1, -0.05) is 90.4 Å². The molecule has 0 amide bonds. The van der Waals surface area contributed by atoms with Crippen LogP contribution in [0.5, 0.6) is 0 Å². The molecule has 172 valence electrons. The van der Waals surface area contributed by atoms with E-state index in [1.165, 1.54) is 95.6 Å². The first-order valence-electron chi connectivity index (χ1n) is 11.8. The highest BCUT2D eigenvalue weighted by atomic mass is 32.2. The predicted octanol–water partition coefficient (Wildman–Crippen LogP) is 7.30. The average molecular weight is 441 g/mol. The van der Waals surface area contributed by atoms with Crippen LogP contribution < -0.4 is 5.32 Å². The van der Waals surface area contributed by atoms with Gasteiger partial charge < -0.3 is 10.4 Å². The van der Waals surface area contributed by atoms with Gasteiger partial charge in [-0.2, -0.15) is 11.8 Å². The second kappa shape index (κ2) is 18.5. The van der Waals surface area contributed by atoms with Crippen molar-refractivity contribution in [2.75, 3.05) is 16.8 Å². The van der Waals surface area contributed by atoms with Crippen LogP contribution in [0.4, 0.5) is 10.2 Å². The zero-order chi connectivity index (χ0) is 21.9. The lowest BCUT2D eigenvalue weighted by Gasteiger charge is -2.14. The molecule has 0 aliphatic heterocycles. The number of hydrogen-bond acceptors (Lipinski definition) is 4. The molecule has 1 unspecified atom stereocenters. The molecule has 0 bridgehead atoms. The molecule has 1 atom stereocenters. The van der Waals surface area contributed by atoms with Gasteiger partial charge in [-0.3, -0.25) is 0 Å². The minimum Gasteiger partial charge on any atom is -0.480 e. The molecule has 6 heteroatoms. The molecule has 1 aromatic heterocycles. The van der Waals surface area contributed by atoms with Gasteiger partial charge in [-0.05, 0) is 24.3 Å². The summed E-state index contributed by atoms with van der Waals surface area (Å²) in [4.78, 5) is 15.3. The number of halogens is 1. The van der Waals surface area contributed by atoms with Crippen LogP contribution in [0.25, 0.3) is 0 Å². The Bertz CT molecular complexity index is 543. The van der Waals surface area contributed by atoms with Crippen molar-refractivity contribution >= 4 is 23.5 Å². The Balaban J connectivity index is 1.92. The molecule has 1 heterocycles. The molecule has 2 N–H and O–H groups in total. The maximum Gasteiger partial charge on any atom is 0.327 e. The minimum absolute atomic E-state index is 0.390. The van der Waals surface area contributed by atoms with E-state index in [0.717, 1.165) is 18.4 Å². The van der Waals surface area contributed by atoms with Crippen LogP contribution in [0.2, 0.25) is 0 Å². The van der Waals surface area contributed by atoms with Crippen LogP contribution in [-0.2, 0) is 4.79 Å². The molecular formula is C24H41FN2O2S. The third kappa shape index (κ3) is 14.6. The Hall–Kier alpha value is -1.30. The van der Waals surface area contributed by atoms with Crippen molar-refractivity contribution in [3.05, 3.63) is 24.1 Å². The molecule has 1 rings (SSSR count). The summed E-state index contributed by atoms with van der Waals surface area (Å²) in [6, 6.07) is 2.03. The number of aliphatic carboxylic acids is 1. The lowest BCUT2D eigenvalue weighted by atomic mass is 10.0. The number of carbonyl (C=O) groups is 1. The number of aromatic nitrogens is 1. The summed E-state index contributed by atoms with van der Waals surface area (Å²) in [5.74, 6) is 0.503. The second-order valence-electron chi connectivity index (χ2n) is 8.07. The zero-order valence-electron chi connectivity index (χ0n) is 18.7. The summed E-state index contributed by atoms with van der Waals surface area (Å²) in [6.07, 6.45) is 19.9. The zero-order valence-corrected chi connectivity index (χ0v) is 19.5. The van der Waals surface area contributed by atoms with E-state index in [9.17, 15) is 14.3 Å². The molecule has 0 saturated carbocycles. The molecule has 0 saturated heterocycles. The van der Waals surface area contributed by atoms with Crippen molar-refractivity contribution in [1.29, 1.82) is 0 Å². The number of unbranched alkanes of at least 4 members (excludes halogenated alkanes) is 13. The highest BCUT2D eigenvalue weighted by molar-refractivity contribution is 7.99. The molecule has 0 radical (unpaired) electrons. The molecule has 30 heavy (non-hydrogen) atoms. The number of nitrogens with one attached hydrogen (secondary N) is 1. The van der Waals surface area contributed by atoms with E-state index < -0.39 is 17.8 Å². The van der Waals surface area contributed by atoms with Gasteiger partial charge in [-0.15, -0.1) is 0 Å². The molecule has 0 aliphatic carbocycles. The van der Waals surface area contributed by atoms with Crippen LogP contribution in [0, 0.1) is 5.82 Å². The van der Waals surface area contributed by atoms with Gasteiger partial charge in [-0.25, -0.2) is 14.2 Å². The highest BCUT2D eigenvalue weighted by Gasteiger charge is 2.17. The number of carboxylic acid groups (broad SMARTS) is 1. The normalized spacial score (nSPS) is 12.1. The smallest absolute Gasteiger partial charge is 0.327 e. The molecule has 1 aromatic rings. The van der Waals surface area contributed by atoms with E-state index in [1.54, 1.807) is 11.8 Å². The van der Waals surface area contributed by atoms with Gasteiger partial charge in [0.2, 0.25) is 0 Å². The van der Waals surface area contributed by atoms with Crippen molar-refractivity contribution in [2.24, 2.45) is 0 Å². The summed E-state index contributed by atoms with van der Waals surface area (Å²) >= 11 is 1.65. The molecular weight excluding hydrogens is 399 g/mol. The van der Waals surface area contributed by atoms with Crippen molar-refractivity contribution in [2.45, 2.75) is 103 Å². The van der Waals surface area contributed by atoms with Crippen molar-refractivity contribution in [1.82, 2.24) is 4.98 Å². The van der Waals surface area contributed by atoms with Gasteiger partial charge in [0.15, 0.2) is 0 Å². The summed E-state index contributed by atoms with van der Waals surface area (Å²) < 4.78 is 12.9. The lowest BCUT2D eigenvalue weighted by Crippen LogP contribution is -2.32. The van der Waals surface area contributed by atoms with E-state index in [2.05, 4.69) is 17.2 Å². The van der Waals surface area contributed by atoms with Crippen LogP contribution in [0.15, 0.2) is 18.3 Å². The quantitative estimate of drug-likeness (QED) is 0.208. The van der Waals surface area contributed by atoms with Crippen molar-refractivity contribution in [3.63, 3.8) is 0 Å². The molecule has 0 fully saturated rings. The summed E-state index contributed by atoms with van der Waals surface area (Å²) in [6.45, 7) is 2.26. The third-order valence-corrected chi connectivity index (χ3v) is 6.42. The number of pyridine rings is 1. The SMILES string of the molecule is CCCCCCCCCCCCCCCCSCC(Nc1ccc(F)cn1)C(=O)O. The van der Waals surface area contributed by atoms with Gasteiger partial charge in [0, 0.05) is 5.75 Å². The van der Waals surface area contributed by atoms with E-state index >= 15 is 0 Å². The average Bonchev–Trinajstić information content (AvgIpc) is 2.73. The number of hydrogen-bond donors (Lipinski definition) is 2. The van der Waals surface area contributed by atoms with E-state index in [-0.39, 0.29) is 0 Å². The summed E-state index contributed by atoms with van der Waals surface area (Å²) in [7, 11) is 0. The number of rotatable bonds is 20. The third-order valence-electron chi connectivity index (χ3n) is 5.27. The molecule has 0 spiro atoms. The maximum atomic E-state index is 12.9. The van der Waals surface area contributed by atoms with Crippen LogP contribution in [0.3, 0.4) is 0 Å². The maximum absolute atomic E-state index is 12.9. The Labute approximate surface area is 186 Å². The molecule has 0 aromatic carbocycles. The fourth-order valence-electron chi connectivity index (χ4n) is 3.41. The van der Waals surface area contributed by atoms with Crippen LogP contribution >= 0.6 is 11.8 Å². The lowest BCUT2D eigenvalue weighted by molar-refractivity contribution is -0.137. The van der Waals surface area contributed by atoms with Crippen molar-refractivity contribution in [3.8, 4) is 0 Å². The topological polar surface area (TPSA) is 62.2 Å².